The fourth-order valence-corrected chi connectivity index (χ4v) is 1.37. The van der Waals surface area contributed by atoms with Crippen LogP contribution in [0.2, 0.25) is 0 Å². The van der Waals surface area contributed by atoms with E-state index in [4.69, 9.17) is 9.84 Å². The normalized spacial score (nSPS) is 19.9. The topological polar surface area (TPSA) is 58.6 Å². The number of rotatable bonds is 8. The summed E-state index contributed by atoms with van der Waals surface area (Å²) in [4.78, 5) is 10.9. The molecule has 0 aromatic heterocycles. The van der Waals surface area contributed by atoms with Crippen LogP contribution in [0, 0.1) is 5.92 Å². The van der Waals surface area contributed by atoms with Gasteiger partial charge in [0.05, 0.1) is 0 Å². The van der Waals surface area contributed by atoms with Crippen LogP contribution in [0.1, 0.15) is 32.6 Å². The molecule has 1 fully saturated rings. The molecule has 0 aliphatic heterocycles. The van der Waals surface area contributed by atoms with Crippen molar-refractivity contribution in [2.75, 3.05) is 20.3 Å². The van der Waals surface area contributed by atoms with E-state index >= 15 is 0 Å². The number of carboxylic acids is 1. The molecule has 1 rings (SSSR count). The number of ether oxygens (including phenoxy) is 1. The minimum absolute atomic E-state index is 0.503. The predicted molar refractivity (Wildman–Crippen MR) is 57.9 cm³/mol. The standard InChI is InChI=1S/C11H21NO3/c1-11(12-2,10(13)14)6-8-15-7-5-9-3-4-9/h9,12H,3-8H2,1-2H3,(H,13,14). The first-order valence-electron chi connectivity index (χ1n) is 5.58. The Kier molecular flexibility index (Phi) is 4.54. The smallest absolute Gasteiger partial charge is 0.323 e. The lowest BCUT2D eigenvalue weighted by molar-refractivity contribution is -0.144. The van der Waals surface area contributed by atoms with Crippen LogP contribution in [0.5, 0.6) is 0 Å². The van der Waals surface area contributed by atoms with Crippen LogP contribution in [0.4, 0.5) is 0 Å². The van der Waals surface area contributed by atoms with Gasteiger partial charge in [0.25, 0.3) is 0 Å². The number of carboxylic acid groups (broad SMARTS) is 1. The highest BCUT2D eigenvalue weighted by Crippen LogP contribution is 2.32. The molecular formula is C11H21NO3. The SMILES string of the molecule is CNC(C)(CCOCCC1CC1)C(=O)O. The zero-order valence-electron chi connectivity index (χ0n) is 9.58. The van der Waals surface area contributed by atoms with Crippen LogP contribution in [0.15, 0.2) is 0 Å². The van der Waals surface area contributed by atoms with Crippen LogP contribution < -0.4 is 5.32 Å². The Morgan fingerprint density at radius 3 is 2.67 bits per heavy atom. The van der Waals surface area contributed by atoms with Crippen LogP contribution >= 0.6 is 0 Å². The summed E-state index contributed by atoms with van der Waals surface area (Å²) in [6.45, 7) is 2.96. The second kappa shape index (κ2) is 5.47. The number of likely N-dealkylation sites (N-methyl/N-ethyl adjacent to an activating group) is 1. The van der Waals surface area contributed by atoms with Crippen LogP contribution in [0.3, 0.4) is 0 Å². The molecule has 1 saturated carbocycles. The molecule has 1 unspecified atom stereocenters. The van der Waals surface area contributed by atoms with E-state index in [0.717, 1.165) is 18.9 Å². The number of hydrogen-bond acceptors (Lipinski definition) is 3. The molecular weight excluding hydrogens is 194 g/mol. The number of nitrogens with one attached hydrogen (secondary N) is 1. The van der Waals surface area contributed by atoms with Gasteiger partial charge in [-0.3, -0.25) is 4.79 Å². The van der Waals surface area contributed by atoms with E-state index in [1.165, 1.54) is 12.8 Å². The Bertz CT molecular complexity index is 216. The molecule has 0 spiro atoms. The van der Waals surface area contributed by atoms with Crippen molar-refractivity contribution < 1.29 is 14.6 Å². The summed E-state index contributed by atoms with van der Waals surface area (Å²) in [7, 11) is 1.66. The van der Waals surface area contributed by atoms with E-state index in [0.29, 0.717) is 13.0 Å². The number of carbonyl (C=O) groups is 1. The van der Waals surface area contributed by atoms with Crippen molar-refractivity contribution in [3.63, 3.8) is 0 Å². The van der Waals surface area contributed by atoms with E-state index in [1.807, 2.05) is 0 Å². The average Bonchev–Trinajstić information content (AvgIpc) is 3.00. The van der Waals surface area contributed by atoms with Crippen LogP contribution in [-0.2, 0) is 9.53 Å². The third-order valence-corrected chi connectivity index (χ3v) is 3.14. The average molecular weight is 215 g/mol. The van der Waals surface area contributed by atoms with Crippen molar-refractivity contribution in [2.24, 2.45) is 5.92 Å². The maximum atomic E-state index is 10.9. The fourth-order valence-electron chi connectivity index (χ4n) is 1.37. The van der Waals surface area contributed by atoms with Gasteiger partial charge in [0.15, 0.2) is 0 Å². The summed E-state index contributed by atoms with van der Waals surface area (Å²) in [6, 6.07) is 0. The Labute approximate surface area is 91.0 Å². The summed E-state index contributed by atoms with van der Waals surface area (Å²) in [5, 5.41) is 11.8. The lowest BCUT2D eigenvalue weighted by Gasteiger charge is -2.23. The Morgan fingerprint density at radius 2 is 2.20 bits per heavy atom. The third-order valence-electron chi connectivity index (χ3n) is 3.14. The zero-order valence-corrected chi connectivity index (χ0v) is 9.58. The van der Waals surface area contributed by atoms with Gasteiger partial charge in [-0.05, 0) is 32.7 Å². The molecule has 0 bridgehead atoms. The first-order chi connectivity index (χ1) is 7.08. The first-order valence-corrected chi connectivity index (χ1v) is 5.58. The predicted octanol–water partition coefficient (Wildman–Crippen LogP) is 1.26. The summed E-state index contributed by atoms with van der Waals surface area (Å²) in [6.07, 6.45) is 4.31. The Balaban J connectivity index is 2.07. The second-order valence-corrected chi connectivity index (χ2v) is 4.48. The molecule has 2 N–H and O–H groups in total. The van der Waals surface area contributed by atoms with Gasteiger partial charge in [-0.15, -0.1) is 0 Å². The van der Waals surface area contributed by atoms with E-state index < -0.39 is 11.5 Å². The van der Waals surface area contributed by atoms with Gasteiger partial charge in [0.1, 0.15) is 5.54 Å². The molecule has 4 heteroatoms. The van der Waals surface area contributed by atoms with Gasteiger partial charge in [-0.25, -0.2) is 0 Å². The molecule has 0 saturated heterocycles. The molecule has 1 aliphatic rings. The fraction of sp³-hybridized carbons (Fsp3) is 0.909. The maximum Gasteiger partial charge on any atom is 0.323 e. The zero-order chi connectivity index (χ0) is 11.3. The highest BCUT2D eigenvalue weighted by molar-refractivity contribution is 5.78. The molecule has 15 heavy (non-hydrogen) atoms. The van der Waals surface area contributed by atoms with Gasteiger partial charge in [0.2, 0.25) is 0 Å². The molecule has 88 valence electrons. The monoisotopic (exact) mass is 215 g/mol. The summed E-state index contributed by atoms with van der Waals surface area (Å²) < 4.78 is 5.43. The second-order valence-electron chi connectivity index (χ2n) is 4.48. The molecule has 0 radical (unpaired) electrons. The van der Waals surface area contributed by atoms with Crippen molar-refractivity contribution in [1.29, 1.82) is 0 Å². The largest absolute Gasteiger partial charge is 0.480 e. The minimum Gasteiger partial charge on any atom is -0.480 e. The lowest BCUT2D eigenvalue weighted by Crippen LogP contribution is -2.48. The van der Waals surface area contributed by atoms with Crippen molar-refractivity contribution in [3.05, 3.63) is 0 Å². The third kappa shape index (κ3) is 4.18. The van der Waals surface area contributed by atoms with E-state index in [1.54, 1.807) is 14.0 Å². The maximum absolute atomic E-state index is 10.9. The minimum atomic E-state index is -0.862. The quantitative estimate of drug-likeness (QED) is 0.598. The molecule has 1 atom stereocenters. The van der Waals surface area contributed by atoms with Gasteiger partial charge in [0, 0.05) is 13.2 Å². The van der Waals surface area contributed by atoms with Gasteiger partial charge in [-0.2, -0.15) is 0 Å². The van der Waals surface area contributed by atoms with E-state index in [-0.39, 0.29) is 0 Å². The van der Waals surface area contributed by atoms with E-state index in [9.17, 15) is 4.79 Å². The summed E-state index contributed by atoms with van der Waals surface area (Å²) in [5.74, 6) is 0.0518. The number of hydrogen-bond donors (Lipinski definition) is 2. The van der Waals surface area contributed by atoms with Crippen molar-refractivity contribution in [1.82, 2.24) is 5.32 Å². The molecule has 0 heterocycles. The Morgan fingerprint density at radius 1 is 1.53 bits per heavy atom. The van der Waals surface area contributed by atoms with Crippen molar-refractivity contribution >= 4 is 5.97 Å². The van der Waals surface area contributed by atoms with Crippen LogP contribution in [-0.4, -0.2) is 36.9 Å². The highest BCUT2D eigenvalue weighted by atomic mass is 16.5. The molecule has 0 amide bonds. The molecule has 0 aromatic rings. The number of aliphatic carboxylic acids is 1. The van der Waals surface area contributed by atoms with Crippen molar-refractivity contribution in [2.45, 2.75) is 38.1 Å². The van der Waals surface area contributed by atoms with Crippen LogP contribution in [0.25, 0.3) is 0 Å². The summed E-state index contributed by atoms with van der Waals surface area (Å²) in [5.41, 5.74) is -0.862. The van der Waals surface area contributed by atoms with Crippen molar-refractivity contribution in [3.8, 4) is 0 Å². The lowest BCUT2D eigenvalue weighted by atomic mass is 9.99. The van der Waals surface area contributed by atoms with Gasteiger partial charge >= 0.3 is 5.97 Å². The van der Waals surface area contributed by atoms with Gasteiger partial charge in [-0.1, -0.05) is 12.8 Å². The molecule has 1 aliphatic carbocycles. The first kappa shape index (κ1) is 12.5. The molecule has 0 aromatic carbocycles. The van der Waals surface area contributed by atoms with E-state index in [2.05, 4.69) is 5.32 Å². The molecule has 4 nitrogen and oxygen atoms in total. The van der Waals surface area contributed by atoms with Gasteiger partial charge < -0.3 is 15.2 Å². The summed E-state index contributed by atoms with van der Waals surface area (Å²) >= 11 is 0. The Hall–Kier alpha value is -0.610. The highest BCUT2D eigenvalue weighted by Gasteiger charge is 2.30.